The quantitative estimate of drug-likeness (QED) is 0.596. The summed E-state index contributed by atoms with van der Waals surface area (Å²) >= 11 is 0. The zero-order valence-corrected chi connectivity index (χ0v) is 9.47. The summed E-state index contributed by atoms with van der Waals surface area (Å²) in [4.78, 5) is 0. The Bertz CT molecular complexity index is 138. The minimum absolute atomic E-state index is 0.580. The Morgan fingerprint density at radius 2 is 1.85 bits per heavy atom. The molecular weight excluding hydrogens is 158 g/mol. The number of nitrogens with two attached hydrogens (primary N) is 1. The van der Waals surface area contributed by atoms with Crippen molar-refractivity contribution >= 4 is 0 Å². The van der Waals surface area contributed by atoms with Crippen molar-refractivity contribution in [1.29, 1.82) is 0 Å². The van der Waals surface area contributed by atoms with Crippen molar-refractivity contribution in [3.8, 4) is 0 Å². The molecular formula is C12H25N. The second-order valence-electron chi connectivity index (χ2n) is 3.89. The zero-order chi connectivity index (χ0) is 10.1. The number of hydrogen-bond donors (Lipinski definition) is 1. The Balaban J connectivity index is 3.65. The first-order valence-corrected chi connectivity index (χ1v) is 5.67. The second kappa shape index (κ2) is 8.15. The van der Waals surface area contributed by atoms with Gasteiger partial charge in [0.1, 0.15) is 0 Å². The van der Waals surface area contributed by atoms with Crippen LogP contribution in [0.4, 0.5) is 0 Å². The number of unbranched alkanes of at least 4 members (excludes halogenated alkanes) is 3. The summed E-state index contributed by atoms with van der Waals surface area (Å²) in [6.45, 7) is 6.67. The van der Waals surface area contributed by atoms with E-state index in [2.05, 4.69) is 26.8 Å². The predicted molar refractivity (Wildman–Crippen MR) is 60.5 cm³/mol. The van der Waals surface area contributed by atoms with Gasteiger partial charge in [-0.1, -0.05) is 52.5 Å². The maximum atomic E-state index is 5.96. The van der Waals surface area contributed by atoms with Crippen LogP contribution in [-0.2, 0) is 0 Å². The first kappa shape index (κ1) is 12.5. The fourth-order valence-corrected chi connectivity index (χ4v) is 1.35. The molecule has 1 nitrogen and oxygen atoms in total. The van der Waals surface area contributed by atoms with Gasteiger partial charge in [-0.05, 0) is 18.8 Å². The minimum Gasteiger partial charge on any atom is -0.402 e. The van der Waals surface area contributed by atoms with Crippen molar-refractivity contribution in [3.05, 3.63) is 11.8 Å². The van der Waals surface area contributed by atoms with Crippen molar-refractivity contribution in [2.24, 2.45) is 11.7 Å². The normalized spacial score (nSPS) is 14.5. The maximum Gasteiger partial charge on any atom is 0.00687 e. The standard InChI is InChI=1S/C12H25N/c1-4-6-8-10-12(13)11(3)9-7-5-2/h10-11H,4-9,13H2,1-3H3/b12-10-. The SMILES string of the molecule is CCCC/C=C(\N)C(C)CCCC. The number of allylic oxidation sites excluding steroid dienone is 2. The first-order valence-electron chi connectivity index (χ1n) is 5.67. The lowest BCUT2D eigenvalue weighted by molar-refractivity contribution is 0.564. The molecule has 0 spiro atoms. The van der Waals surface area contributed by atoms with Gasteiger partial charge in [0.25, 0.3) is 0 Å². The van der Waals surface area contributed by atoms with Crippen molar-refractivity contribution in [1.82, 2.24) is 0 Å². The Kier molecular flexibility index (Phi) is 7.86. The smallest absolute Gasteiger partial charge is 0.00687 e. The molecule has 0 aliphatic heterocycles. The molecule has 13 heavy (non-hydrogen) atoms. The van der Waals surface area contributed by atoms with Crippen LogP contribution in [0.25, 0.3) is 0 Å². The van der Waals surface area contributed by atoms with Crippen LogP contribution in [0, 0.1) is 5.92 Å². The van der Waals surface area contributed by atoms with E-state index >= 15 is 0 Å². The molecule has 0 fully saturated rings. The molecule has 0 bridgehead atoms. The summed E-state index contributed by atoms with van der Waals surface area (Å²) in [7, 11) is 0. The molecule has 0 radical (unpaired) electrons. The minimum atomic E-state index is 0.580. The van der Waals surface area contributed by atoms with E-state index < -0.39 is 0 Å². The average Bonchev–Trinajstić information content (AvgIpc) is 2.14. The van der Waals surface area contributed by atoms with E-state index in [1.807, 2.05) is 0 Å². The lowest BCUT2D eigenvalue weighted by atomic mass is 10.00. The van der Waals surface area contributed by atoms with Crippen LogP contribution in [0.1, 0.15) is 59.3 Å². The molecule has 0 aromatic carbocycles. The van der Waals surface area contributed by atoms with Crippen LogP contribution in [0.15, 0.2) is 11.8 Å². The van der Waals surface area contributed by atoms with E-state index in [0.717, 1.165) is 12.1 Å². The van der Waals surface area contributed by atoms with Crippen LogP contribution in [0.5, 0.6) is 0 Å². The highest BCUT2D eigenvalue weighted by molar-refractivity contribution is 5.00. The van der Waals surface area contributed by atoms with Crippen LogP contribution >= 0.6 is 0 Å². The van der Waals surface area contributed by atoms with Crippen molar-refractivity contribution in [3.63, 3.8) is 0 Å². The largest absolute Gasteiger partial charge is 0.402 e. The van der Waals surface area contributed by atoms with Crippen LogP contribution in [0.3, 0.4) is 0 Å². The van der Waals surface area contributed by atoms with Crippen LogP contribution < -0.4 is 5.73 Å². The molecule has 2 N–H and O–H groups in total. The van der Waals surface area contributed by atoms with Crippen LogP contribution in [0.2, 0.25) is 0 Å². The summed E-state index contributed by atoms with van der Waals surface area (Å²) in [6, 6.07) is 0. The van der Waals surface area contributed by atoms with Gasteiger partial charge in [0.2, 0.25) is 0 Å². The van der Waals surface area contributed by atoms with Crippen molar-refractivity contribution in [2.75, 3.05) is 0 Å². The molecule has 0 aromatic heterocycles. The molecule has 1 heteroatoms. The van der Waals surface area contributed by atoms with E-state index in [1.54, 1.807) is 0 Å². The van der Waals surface area contributed by atoms with Gasteiger partial charge in [-0.3, -0.25) is 0 Å². The van der Waals surface area contributed by atoms with Gasteiger partial charge in [-0.15, -0.1) is 0 Å². The van der Waals surface area contributed by atoms with E-state index in [1.165, 1.54) is 32.1 Å². The molecule has 0 rings (SSSR count). The number of rotatable bonds is 7. The lowest BCUT2D eigenvalue weighted by Crippen LogP contribution is -2.08. The Morgan fingerprint density at radius 1 is 1.23 bits per heavy atom. The lowest BCUT2D eigenvalue weighted by Gasteiger charge is -2.10. The first-order chi connectivity index (χ1) is 6.22. The Morgan fingerprint density at radius 3 is 2.38 bits per heavy atom. The van der Waals surface area contributed by atoms with Gasteiger partial charge in [-0.2, -0.15) is 0 Å². The summed E-state index contributed by atoms with van der Waals surface area (Å²) in [5.74, 6) is 0.580. The van der Waals surface area contributed by atoms with Gasteiger partial charge in [-0.25, -0.2) is 0 Å². The maximum absolute atomic E-state index is 5.96. The van der Waals surface area contributed by atoms with E-state index in [0.29, 0.717) is 5.92 Å². The highest BCUT2D eigenvalue weighted by atomic mass is 14.6. The Labute approximate surface area is 83.4 Å². The highest BCUT2D eigenvalue weighted by Gasteiger charge is 2.03. The number of hydrogen-bond acceptors (Lipinski definition) is 1. The fourth-order valence-electron chi connectivity index (χ4n) is 1.35. The van der Waals surface area contributed by atoms with E-state index in [4.69, 9.17) is 5.73 Å². The molecule has 1 atom stereocenters. The van der Waals surface area contributed by atoms with Gasteiger partial charge >= 0.3 is 0 Å². The molecule has 0 heterocycles. The molecule has 78 valence electrons. The van der Waals surface area contributed by atoms with Gasteiger partial charge in [0.15, 0.2) is 0 Å². The summed E-state index contributed by atoms with van der Waals surface area (Å²) in [6.07, 6.45) is 9.69. The van der Waals surface area contributed by atoms with Gasteiger partial charge in [0, 0.05) is 5.70 Å². The molecule has 0 saturated carbocycles. The van der Waals surface area contributed by atoms with E-state index in [9.17, 15) is 0 Å². The van der Waals surface area contributed by atoms with Crippen molar-refractivity contribution in [2.45, 2.75) is 59.3 Å². The zero-order valence-electron chi connectivity index (χ0n) is 9.47. The Hall–Kier alpha value is -0.460. The summed E-state index contributed by atoms with van der Waals surface area (Å²) in [5.41, 5.74) is 7.06. The molecule has 0 saturated heterocycles. The molecule has 1 unspecified atom stereocenters. The molecule has 0 aliphatic rings. The molecule has 0 aromatic rings. The monoisotopic (exact) mass is 183 g/mol. The highest BCUT2D eigenvalue weighted by Crippen LogP contribution is 2.14. The third-order valence-corrected chi connectivity index (χ3v) is 2.50. The third-order valence-electron chi connectivity index (χ3n) is 2.50. The molecule has 0 aliphatic carbocycles. The summed E-state index contributed by atoms with van der Waals surface area (Å²) in [5, 5.41) is 0. The average molecular weight is 183 g/mol. The van der Waals surface area contributed by atoms with Gasteiger partial charge in [0.05, 0.1) is 0 Å². The second-order valence-corrected chi connectivity index (χ2v) is 3.89. The van der Waals surface area contributed by atoms with Crippen LogP contribution in [-0.4, -0.2) is 0 Å². The van der Waals surface area contributed by atoms with Gasteiger partial charge < -0.3 is 5.73 Å². The topological polar surface area (TPSA) is 26.0 Å². The predicted octanol–water partition coefficient (Wildman–Crippen LogP) is 3.85. The van der Waals surface area contributed by atoms with Crippen molar-refractivity contribution < 1.29 is 0 Å². The van der Waals surface area contributed by atoms with E-state index in [-0.39, 0.29) is 0 Å². The third kappa shape index (κ3) is 6.68. The molecule has 0 amide bonds. The summed E-state index contributed by atoms with van der Waals surface area (Å²) < 4.78 is 0. The fraction of sp³-hybridized carbons (Fsp3) is 0.833.